The smallest absolute Gasteiger partial charge is 0.329 e. The Morgan fingerprint density at radius 2 is 0.839 bits per heavy atom. The predicted molar refractivity (Wildman–Crippen MR) is 240 cm³/mol. The molecule has 0 atom stereocenters. The highest BCUT2D eigenvalue weighted by atomic mass is 16.5. The summed E-state index contributed by atoms with van der Waals surface area (Å²) in [6, 6.07) is 31.9. The van der Waals surface area contributed by atoms with E-state index in [1.807, 2.05) is 84.9 Å². The summed E-state index contributed by atoms with van der Waals surface area (Å²) in [6.07, 6.45) is 6.72. The molecule has 0 saturated heterocycles. The van der Waals surface area contributed by atoms with E-state index < -0.39 is 17.9 Å². The minimum Gasteiger partial charge on any atom is -0.494 e. The molecule has 0 saturated carbocycles. The van der Waals surface area contributed by atoms with Gasteiger partial charge in [-0.1, -0.05) is 132 Å². The molecule has 0 aliphatic rings. The lowest BCUT2D eigenvalue weighted by atomic mass is 10.0. The molecule has 0 amide bonds. The lowest BCUT2D eigenvalue weighted by molar-refractivity contribution is -0.143. The molecule has 340 valence electrons. The summed E-state index contributed by atoms with van der Waals surface area (Å²) >= 11 is 0. The van der Waals surface area contributed by atoms with Crippen LogP contribution in [0.3, 0.4) is 0 Å². The summed E-state index contributed by atoms with van der Waals surface area (Å²) in [7, 11) is 0. The van der Waals surface area contributed by atoms with Crippen molar-refractivity contribution in [2.45, 2.75) is 112 Å². The van der Waals surface area contributed by atoms with Crippen LogP contribution in [0.25, 0.3) is 0 Å². The van der Waals surface area contributed by atoms with Crippen molar-refractivity contribution in [1.29, 1.82) is 0 Å². The molecule has 62 heavy (non-hydrogen) atoms. The molecule has 0 aliphatic heterocycles. The summed E-state index contributed by atoms with van der Waals surface area (Å²) in [6.45, 7) is 13.9. The first-order valence-electron chi connectivity index (χ1n) is 21.2. The number of carbonyl (C=O) groups is 4. The summed E-state index contributed by atoms with van der Waals surface area (Å²) < 4.78 is 25.7. The van der Waals surface area contributed by atoms with Crippen molar-refractivity contribution in [2.75, 3.05) is 33.0 Å². The van der Waals surface area contributed by atoms with E-state index in [1.54, 1.807) is 0 Å². The van der Waals surface area contributed by atoms with Crippen LogP contribution in [0.2, 0.25) is 0 Å². The zero-order valence-corrected chi connectivity index (χ0v) is 37.4. The lowest BCUT2D eigenvalue weighted by Crippen LogP contribution is -2.06. The molecule has 0 aromatic heterocycles. The van der Waals surface area contributed by atoms with Crippen LogP contribution >= 0.6 is 0 Å². The van der Waals surface area contributed by atoms with Gasteiger partial charge in [0.05, 0.1) is 33.0 Å². The second kappa shape index (κ2) is 34.2. The maximum atomic E-state index is 10.7. The number of carboxylic acids is 3. The second-order valence-corrected chi connectivity index (χ2v) is 14.7. The van der Waals surface area contributed by atoms with Gasteiger partial charge >= 0.3 is 17.9 Å². The number of benzene rings is 4. The van der Waals surface area contributed by atoms with Crippen molar-refractivity contribution >= 4 is 23.7 Å². The Bertz CT molecular complexity index is 1790. The normalized spacial score (nSPS) is 10.3. The second-order valence-electron chi connectivity index (χ2n) is 14.7. The molecular weight excluding hydrogens is 793 g/mol. The Balaban J connectivity index is 0.000000414. The van der Waals surface area contributed by atoms with Crippen molar-refractivity contribution in [2.24, 2.45) is 0 Å². The van der Waals surface area contributed by atoms with Crippen molar-refractivity contribution in [3.63, 3.8) is 0 Å². The number of aryl methyl sites for hydroxylation is 2. The molecule has 4 rings (SSSR count). The third-order valence-electron chi connectivity index (χ3n) is 8.67. The number of aliphatic carboxylic acids is 3. The predicted octanol–water partition coefficient (Wildman–Crippen LogP) is 9.86. The third-order valence-corrected chi connectivity index (χ3v) is 8.67. The number of carbonyl (C=O) groups excluding carboxylic acids is 1. The van der Waals surface area contributed by atoms with E-state index in [2.05, 4.69) is 46.8 Å². The van der Waals surface area contributed by atoms with Gasteiger partial charge in [-0.3, -0.25) is 4.79 Å². The Morgan fingerprint density at radius 1 is 0.484 bits per heavy atom. The fraction of sp³-hybridized carbons (Fsp3) is 0.440. The van der Waals surface area contributed by atoms with E-state index in [0.717, 1.165) is 60.3 Å². The van der Waals surface area contributed by atoms with Gasteiger partial charge in [-0.25, -0.2) is 14.4 Å². The van der Waals surface area contributed by atoms with E-state index in [1.165, 1.54) is 36.5 Å². The van der Waals surface area contributed by atoms with E-state index in [0.29, 0.717) is 32.3 Å². The van der Waals surface area contributed by atoms with E-state index in [4.69, 9.17) is 39.0 Å². The first kappa shape index (κ1) is 54.6. The molecule has 4 aromatic carbocycles. The quantitative estimate of drug-likeness (QED) is 0.0539. The monoisotopic (exact) mass is 860 g/mol. The molecule has 12 heteroatoms. The zero-order valence-electron chi connectivity index (χ0n) is 37.4. The van der Waals surface area contributed by atoms with Gasteiger partial charge in [-0.15, -0.1) is 0 Å². The van der Waals surface area contributed by atoms with Gasteiger partial charge < -0.3 is 39.0 Å². The lowest BCUT2D eigenvalue weighted by Gasteiger charge is -2.06. The molecule has 0 radical (unpaired) electrons. The Kier molecular flexibility index (Phi) is 30.1. The van der Waals surface area contributed by atoms with Crippen LogP contribution in [-0.2, 0) is 77.4 Å². The van der Waals surface area contributed by atoms with Gasteiger partial charge in [0.25, 0.3) is 0 Å². The summed E-state index contributed by atoms with van der Waals surface area (Å²) in [5, 5.41) is 25.1. The fourth-order valence-corrected chi connectivity index (χ4v) is 5.15. The molecule has 4 aromatic rings. The SMILES string of the molecule is CC(C)c1ccc(COCC(=O)O)cc1.CCCCOc1ccc(COCC(C)=O)cc1.CCCCc1ccc(COCC(=O)O)cc1.CCc1ccc(COCC(=O)O)cc1. The van der Waals surface area contributed by atoms with Gasteiger partial charge in [-0.2, -0.15) is 0 Å². The number of unbranched alkanes of at least 4 members (excludes halogenated alkanes) is 2. The highest BCUT2D eigenvalue weighted by molar-refractivity contribution is 5.76. The summed E-state index contributed by atoms with van der Waals surface area (Å²) in [4.78, 5) is 41.3. The van der Waals surface area contributed by atoms with E-state index in [-0.39, 0.29) is 32.2 Å². The maximum absolute atomic E-state index is 10.7. The molecule has 3 N–H and O–H groups in total. The third kappa shape index (κ3) is 29.0. The van der Waals surface area contributed by atoms with Gasteiger partial charge in [0.15, 0.2) is 5.78 Å². The van der Waals surface area contributed by atoms with Crippen LogP contribution < -0.4 is 4.74 Å². The first-order chi connectivity index (χ1) is 29.8. The summed E-state index contributed by atoms with van der Waals surface area (Å²) in [5.41, 5.74) is 7.94. The molecule has 0 fully saturated rings. The number of carboxylic acid groups (broad SMARTS) is 3. The standard InChI is InChI=1S/C14H20O3.C13H18O3.C12H16O3.C11H14O3/c1-3-4-9-17-14-7-5-13(6-8-14)11-16-10-12(2)15;1-2-3-4-11-5-7-12(8-6-11)9-16-10-13(14)15;1-9(2)11-5-3-10(4-6-11)7-15-8-12(13)14;1-2-9-3-5-10(6-4-9)7-14-8-11(12)13/h5-8H,3-4,9-11H2,1-2H3;5-8H,2-4,9-10H2,1H3,(H,14,15);3-6,9H,7-8H2,1-2H3,(H,13,14);3-6H,2,7-8H2,1H3,(H,12,13). The molecule has 0 unspecified atom stereocenters. The molecule has 12 nitrogen and oxygen atoms in total. The van der Waals surface area contributed by atoms with Crippen molar-refractivity contribution < 1.29 is 58.2 Å². The molecular formula is C50H68O12. The van der Waals surface area contributed by atoms with Gasteiger partial charge in [0.2, 0.25) is 0 Å². The van der Waals surface area contributed by atoms with Crippen LogP contribution in [0.1, 0.15) is 112 Å². The Morgan fingerprint density at radius 3 is 1.19 bits per heavy atom. The van der Waals surface area contributed by atoms with Gasteiger partial charge in [-0.05, 0) is 89.6 Å². The van der Waals surface area contributed by atoms with Crippen molar-refractivity contribution in [3.05, 3.63) is 136 Å². The number of rotatable bonds is 25. The number of ether oxygens (including phenoxy) is 5. The maximum Gasteiger partial charge on any atom is 0.329 e. The number of ketones is 1. The Labute approximate surface area is 368 Å². The molecule has 0 bridgehead atoms. The topological polar surface area (TPSA) is 175 Å². The molecule has 0 spiro atoms. The van der Waals surface area contributed by atoms with Crippen LogP contribution in [0.15, 0.2) is 97.1 Å². The van der Waals surface area contributed by atoms with Crippen LogP contribution in [0.4, 0.5) is 0 Å². The zero-order chi connectivity index (χ0) is 46.0. The minimum absolute atomic E-state index is 0.0459. The molecule has 0 aliphatic carbocycles. The Hall–Kier alpha value is -5.40. The van der Waals surface area contributed by atoms with Crippen LogP contribution in [-0.4, -0.2) is 72.0 Å². The largest absolute Gasteiger partial charge is 0.494 e. The van der Waals surface area contributed by atoms with Crippen LogP contribution in [0, 0.1) is 0 Å². The fourth-order valence-electron chi connectivity index (χ4n) is 5.15. The van der Waals surface area contributed by atoms with E-state index in [9.17, 15) is 19.2 Å². The highest BCUT2D eigenvalue weighted by Gasteiger charge is 2.02. The van der Waals surface area contributed by atoms with Crippen LogP contribution in [0.5, 0.6) is 5.75 Å². The van der Waals surface area contributed by atoms with Crippen molar-refractivity contribution in [1.82, 2.24) is 0 Å². The number of hydrogen-bond donors (Lipinski definition) is 3. The highest BCUT2D eigenvalue weighted by Crippen LogP contribution is 2.16. The average Bonchev–Trinajstić information content (AvgIpc) is 3.25. The minimum atomic E-state index is -0.936. The van der Waals surface area contributed by atoms with Gasteiger partial charge in [0, 0.05) is 0 Å². The average molecular weight is 861 g/mol. The first-order valence-corrected chi connectivity index (χ1v) is 21.2. The number of Topliss-reactive ketones (excluding diaryl/α,β-unsaturated/α-hetero) is 1. The van der Waals surface area contributed by atoms with Gasteiger partial charge in [0.1, 0.15) is 32.2 Å². The molecule has 0 heterocycles. The van der Waals surface area contributed by atoms with E-state index >= 15 is 0 Å². The van der Waals surface area contributed by atoms with Crippen molar-refractivity contribution in [3.8, 4) is 5.75 Å². The summed E-state index contributed by atoms with van der Waals surface area (Å²) in [5.74, 6) is -1.36. The number of hydrogen-bond acceptors (Lipinski definition) is 9.